The van der Waals surface area contributed by atoms with Gasteiger partial charge in [-0.3, -0.25) is 4.90 Å². The van der Waals surface area contributed by atoms with E-state index in [0.717, 1.165) is 44.2 Å². The monoisotopic (exact) mass is 366 g/mol. The predicted octanol–water partition coefficient (Wildman–Crippen LogP) is 3.69. The molecule has 2 aromatic rings. The van der Waals surface area contributed by atoms with Gasteiger partial charge in [-0.25, -0.2) is 4.99 Å². The average molecular weight is 367 g/mol. The zero-order chi connectivity index (χ0) is 18.9. The van der Waals surface area contributed by atoms with E-state index in [9.17, 15) is 0 Å². The average Bonchev–Trinajstić information content (AvgIpc) is 3.35. The smallest absolute Gasteiger partial charge is 0.191 e. The third kappa shape index (κ3) is 6.00. The fourth-order valence-corrected chi connectivity index (χ4v) is 3.29. The molecule has 27 heavy (non-hydrogen) atoms. The van der Waals surface area contributed by atoms with Crippen molar-refractivity contribution in [2.24, 2.45) is 4.99 Å². The molecule has 5 nitrogen and oxygen atoms in total. The van der Waals surface area contributed by atoms with Crippen LogP contribution in [0.2, 0.25) is 0 Å². The highest BCUT2D eigenvalue weighted by Crippen LogP contribution is 2.15. The quantitative estimate of drug-likeness (QED) is 0.425. The largest absolute Gasteiger partial charge is 0.468 e. The molecule has 0 spiro atoms. The summed E-state index contributed by atoms with van der Waals surface area (Å²) in [5, 5.41) is 6.89. The Morgan fingerprint density at radius 3 is 2.59 bits per heavy atom. The van der Waals surface area contributed by atoms with Gasteiger partial charge >= 0.3 is 0 Å². The van der Waals surface area contributed by atoms with Crippen molar-refractivity contribution in [3.8, 4) is 0 Å². The number of nitrogens with zero attached hydrogens (tertiary/aromatic N) is 2. The van der Waals surface area contributed by atoms with Gasteiger partial charge in [0.2, 0.25) is 0 Å². The summed E-state index contributed by atoms with van der Waals surface area (Å²) in [5.74, 6) is 1.88. The first-order chi connectivity index (χ1) is 13.2. The summed E-state index contributed by atoms with van der Waals surface area (Å²) in [6.45, 7) is 5.29. The Morgan fingerprint density at radius 2 is 1.89 bits per heavy atom. The highest BCUT2D eigenvalue weighted by atomic mass is 16.3. The Kier molecular flexibility index (Phi) is 7.11. The van der Waals surface area contributed by atoms with Crippen LogP contribution in [0.3, 0.4) is 0 Å². The van der Waals surface area contributed by atoms with E-state index >= 15 is 0 Å². The molecule has 3 rings (SSSR count). The van der Waals surface area contributed by atoms with E-state index < -0.39 is 0 Å². The van der Waals surface area contributed by atoms with Crippen molar-refractivity contribution in [2.45, 2.75) is 45.4 Å². The molecule has 1 aromatic heterocycles. The number of hydrogen-bond donors (Lipinski definition) is 2. The van der Waals surface area contributed by atoms with Crippen LogP contribution in [0.15, 0.2) is 64.2 Å². The number of nitrogens with one attached hydrogen (secondary N) is 2. The van der Waals surface area contributed by atoms with Gasteiger partial charge in [0, 0.05) is 19.1 Å². The summed E-state index contributed by atoms with van der Waals surface area (Å²) < 4.78 is 5.46. The van der Waals surface area contributed by atoms with Gasteiger partial charge in [0.25, 0.3) is 0 Å². The van der Waals surface area contributed by atoms with Crippen molar-refractivity contribution in [3.05, 3.63) is 71.7 Å². The number of guanidine groups is 1. The molecule has 0 radical (unpaired) electrons. The first-order valence-electron chi connectivity index (χ1n) is 9.72. The maximum atomic E-state index is 5.46. The second-order valence-corrected chi connectivity index (χ2v) is 7.00. The fourth-order valence-electron chi connectivity index (χ4n) is 3.29. The highest BCUT2D eigenvalue weighted by molar-refractivity contribution is 5.80. The van der Waals surface area contributed by atoms with Crippen LogP contribution >= 0.6 is 0 Å². The molecule has 0 amide bonds. The Hall–Kier alpha value is -2.53. The minimum Gasteiger partial charge on any atom is -0.468 e. The van der Waals surface area contributed by atoms with Gasteiger partial charge in [0.1, 0.15) is 5.76 Å². The summed E-state index contributed by atoms with van der Waals surface area (Å²) in [5.41, 5.74) is 2.55. The Labute approximate surface area is 162 Å². The van der Waals surface area contributed by atoms with E-state index in [1.165, 1.54) is 11.1 Å². The zero-order valence-corrected chi connectivity index (χ0v) is 16.3. The molecule has 5 heteroatoms. The van der Waals surface area contributed by atoms with Crippen molar-refractivity contribution < 1.29 is 4.42 Å². The molecule has 1 heterocycles. The molecule has 144 valence electrons. The Morgan fingerprint density at radius 1 is 1.11 bits per heavy atom. The molecule has 0 atom stereocenters. The first kappa shape index (κ1) is 19.2. The van der Waals surface area contributed by atoms with Crippen molar-refractivity contribution in [1.82, 2.24) is 15.5 Å². The molecule has 0 fully saturated rings. The molecular formula is C22H30N4O. The fraction of sp³-hybridized carbons (Fsp3) is 0.409. The normalized spacial score (nSPS) is 14.9. The number of furan rings is 1. The van der Waals surface area contributed by atoms with Crippen LogP contribution in [0.5, 0.6) is 0 Å². The van der Waals surface area contributed by atoms with Crippen LogP contribution in [0, 0.1) is 0 Å². The predicted molar refractivity (Wildman–Crippen MR) is 110 cm³/mol. The van der Waals surface area contributed by atoms with Crippen molar-refractivity contribution in [3.63, 3.8) is 0 Å². The molecule has 0 unspecified atom stereocenters. The van der Waals surface area contributed by atoms with Gasteiger partial charge in [0.15, 0.2) is 5.96 Å². The highest BCUT2D eigenvalue weighted by Gasteiger charge is 2.12. The number of aliphatic imine (C=N–C) groups is 1. The topological polar surface area (TPSA) is 52.8 Å². The lowest BCUT2D eigenvalue weighted by molar-refractivity contribution is 0.287. The molecule has 2 N–H and O–H groups in total. The molecule has 0 saturated heterocycles. The van der Waals surface area contributed by atoms with Crippen LogP contribution in [0.25, 0.3) is 0 Å². The molecule has 1 aliphatic rings. The second-order valence-electron chi connectivity index (χ2n) is 7.00. The van der Waals surface area contributed by atoms with Gasteiger partial charge in [-0.15, -0.1) is 0 Å². The van der Waals surface area contributed by atoms with Gasteiger partial charge in [0.05, 0.1) is 19.4 Å². The van der Waals surface area contributed by atoms with Crippen molar-refractivity contribution in [1.29, 1.82) is 0 Å². The molecular weight excluding hydrogens is 336 g/mol. The van der Waals surface area contributed by atoms with Crippen molar-refractivity contribution >= 4 is 5.96 Å². The lowest BCUT2D eigenvalue weighted by atomic mass is 10.1. The van der Waals surface area contributed by atoms with Gasteiger partial charge in [-0.2, -0.15) is 0 Å². The molecule has 0 aliphatic heterocycles. The molecule has 0 saturated carbocycles. The third-order valence-electron chi connectivity index (χ3n) is 4.66. The van der Waals surface area contributed by atoms with Crippen molar-refractivity contribution in [2.75, 3.05) is 13.6 Å². The van der Waals surface area contributed by atoms with Gasteiger partial charge < -0.3 is 15.1 Å². The molecule has 0 bridgehead atoms. The number of rotatable bonds is 8. The van der Waals surface area contributed by atoms with Crippen LogP contribution in [0.4, 0.5) is 0 Å². The van der Waals surface area contributed by atoms with Crippen LogP contribution < -0.4 is 10.6 Å². The van der Waals surface area contributed by atoms with Crippen LogP contribution in [0.1, 0.15) is 36.7 Å². The van der Waals surface area contributed by atoms with E-state index in [1.807, 2.05) is 12.1 Å². The van der Waals surface area contributed by atoms with E-state index in [2.05, 4.69) is 65.9 Å². The van der Waals surface area contributed by atoms with E-state index in [4.69, 9.17) is 9.41 Å². The molecule has 1 aliphatic carbocycles. The lowest BCUT2D eigenvalue weighted by Gasteiger charge is -2.19. The standard InChI is InChI=1S/C22H30N4O/c1-3-23-22(25-20-11-6-7-12-20)24-15-18-9-4-5-10-19(18)16-26(2)17-21-13-8-14-27-21/h4-10,13-14,20H,3,11-12,15-17H2,1-2H3,(H2,23,24,25). The number of hydrogen-bond acceptors (Lipinski definition) is 3. The third-order valence-corrected chi connectivity index (χ3v) is 4.66. The SMILES string of the molecule is CCNC(=NCc1ccccc1CN(C)Cc1ccco1)NC1CC=CC1. The van der Waals surface area contributed by atoms with Gasteiger partial charge in [-0.1, -0.05) is 36.4 Å². The van der Waals surface area contributed by atoms with E-state index in [1.54, 1.807) is 6.26 Å². The molecule has 1 aromatic carbocycles. The first-order valence-corrected chi connectivity index (χ1v) is 9.72. The second kappa shape index (κ2) is 9.97. The lowest BCUT2D eigenvalue weighted by Crippen LogP contribution is -2.42. The van der Waals surface area contributed by atoms with Gasteiger partial charge in [-0.05, 0) is 50.1 Å². The van der Waals surface area contributed by atoms with Crippen LogP contribution in [-0.2, 0) is 19.6 Å². The maximum Gasteiger partial charge on any atom is 0.191 e. The number of benzene rings is 1. The Bertz CT molecular complexity index is 743. The summed E-state index contributed by atoms with van der Waals surface area (Å²) in [7, 11) is 2.11. The maximum absolute atomic E-state index is 5.46. The van der Waals surface area contributed by atoms with Crippen LogP contribution in [-0.4, -0.2) is 30.5 Å². The summed E-state index contributed by atoms with van der Waals surface area (Å²) in [4.78, 5) is 7.08. The summed E-state index contributed by atoms with van der Waals surface area (Å²) in [6.07, 6.45) is 8.31. The van der Waals surface area contributed by atoms with E-state index in [0.29, 0.717) is 12.6 Å². The summed E-state index contributed by atoms with van der Waals surface area (Å²) >= 11 is 0. The minimum atomic E-state index is 0.456. The van der Waals surface area contributed by atoms with E-state index in [-0.39, 0.29) is 0 Å². The zero-order valence-electron chi connectivity index (χ0n) is 16.3. The summed E-state index contributed by atoms with van der Waals surface area (Å²) in [6, 6.07) is 12.9. The Balaban J connectivity index is 1.63. The minimum absolute atomic E-state index is 0.456.